The standard InChI is InChI=1S/C12H10F4N2/c1-2-18-7-9(12(14,15)16)11(17-18)8-5-3-4-6-10(8)13/h3-7H,2H2,1H3. The number of aromatic nitrogens is 2. The number of hydrogen-bond donors (Lipinski definition) is 0. The Bertz CT molecular complexity index is 557. The van der Waals surface area contributed by atoms with Crippen LogP contribution in [0, 0.1) is 5.82 Å². The Labute approximate surface area is 101 Å². The van der Waals surface area contributed by atoms with Gasteiger partial charge in [0.2, 0.25) is 0 Å². The summed E-state index contributed by atoms with van der Waals surface area (Å²) >= 11 is 0. The molecule has 0 bridgehead atoms. The minimum Gasteiger partial charge on any atom is -0.272 e. The number of benzene rings is 1. The Morgan fingerprint density at radius 3 is 2.44 bits per heavy atom. The molecule has 0 aliphatic heterocycles. The monoisotopic (exact) mass is 258 g/mol. The molecular weight excluding hydrogens is 248 g/mol. The predicted molar refractivity (Wildman–Crippen MR) is 58.3 cm³/mol. The maximum atomic E-state index is 13.5. The minimum absolute atomic E-state index is 0.142. The predicted octanol–water partition coefficient (Wildman–Crippen LogP) is 3.73. The van der Waals surface area contributed by atoms with Crippen LogP contribution in [0.4, 0.5) is 17.6 Å². The Kier molecular flexibility index (Phi) is 3.11. The SMILES string of the molecule is CCn1cc(C(F)(F)F)c(-c2ccccc2F)n1. The fourth-order valence-corrected chi connectivity index (χ4v) is 1.64. The third-order valence-electron chi connectivity index (χ3n) is 2.52. The van der Waals surface area contributed by atoms with Crippen LogP contribution in [0.2, 0.25) is 0 Å². The highest BCUT2D eigenvalue weighted by Crippen LogP contribution is 2.37. The highest BCUT2D eigenvalue weighted by atomic mass is 19.4. The molecule has 0 aliphatic carbocycles. The van der Waals surface area contributed by atoms with Crippen molar-refractivity contribution in [2.45, 2.75) is 19.6 Å². The van der Waals surface area contributed by atoms with Gasteiger partial charge in [-0.3, -0.25) is 4.68 Å². The highest BCUT2D eigenvalue weighted by molar-refractivity contribution is 5.64. The van der Waals surface area contributed by atoms with E-state index in [-0.39, 0.29) is 17.8 Å². The lowest BCUT2D eigenvalue weighted by molar-refractivity contribution is -0.137. The summed E-state index contributed by atoms with van der Waals surface area (Å²) in [7, 11) is 0. The maximum absolute atomic E-state index is 13.5. The molecule has 2 aromatic rings. The third-order valence-corrected chi connectivity index (χ3v) is 2.52. The van der Waals surface area contributed by atoms with Crippen molar-refractivity contribution in [2.75, 3.05) is 0 Å². The fourth-order valence-electron chi connectivity index (χ4n) is 1.64. The van der Waals surface area contributed by atoms with E-state index in [0.29, 0.717) is 0 Å². The summed E-state index contributed by atoms with van der Waals surface area (Å²) in [6, 6.07) is 5.29. The van der Waals surface area contributed by atoms with Crippen LogP contribution in [0.25, 0.3) is 11.3 Å². The zero-order valence-corrected chi connectivity index (χ0v) is 9.50. The van der Waals surface area contributed by atoms with E-state index in [0.717, 1.165) is 16.9 Å². The smallest absolute Gasteiger partial charge is 0.272 e. The molecule has 96 valence electrons. The highest BCUT2D eigenvalue weighted by Gasteiger charge is 2.36. The maximum Gasteiger partial charge on any atom is 0.420 e. The normalized spacial score (nSPS) is 11.8. The van der Waals surface area contributed by atoms with E-state index in [4.69, 9.17) is 0 Å². The molecule has 1 aromatic carbocycles. The van der Waals surface area contributed by atoms with Crippen LogP contribution in [0.5, 0.6) is 0 Å². The molecule has 0 fully saturated rings. The molecule has 0 amide bonds. The molecule has 0 saturated carbocycles. The first-order valence-electron chi connectivity index (χ1n) is 5.33. The van der Waals surface area contributed by atoms with Gasteiger partial charge in [0.25, 0.3) is 0 Å². The molecule has 18 heavy (non-hydrogen) atoms. The average Bonchev–Trinajstić information content (AvgIpc) is 2.73. The van der Waals surface area contributed by atoms with Crippen molar-refractivity contribution >= 4 is 0 Å². The zero-order chi connectivity index (χ0) is 13.3. The van der Waals surface area contributed by atoms with Gasteiger partial charge in [-0.05, 0) is 19.1 Å². The van der Waals surface area contributed by atoms with E-state index < -0.39 is 17.6 Å². The van der Waals surface area contributed by atoms with Gasteiger partial charge < -0.3 is 0 Å². The van der Waals surface area contributed by atoms with Gasteiger partial charge in [-0.25, -0.2) is 4.39 Å². The average molecular weight is 258 g/mol. The molecular formula is C12H10F4N2. The molecule has 0 spiro atoms. The Balaban J connectivity index is 2.64. The van der Waals surface area contributed by atoms with Gasteiger partial charge >= 0.3 is 6.18 Å². The summed E-state index contributed by atoms with van der Waals surface area (Å²) in [4.78, 5) is 0. The fraction of sp³-hybridized carbons (Fsp3) is 0.250. The first-order chi connectivity index (χ1) is 8.43. The van der Waals surface area contributed by atoms with Gasteiger partial charge in [0.15, 0.2) is 0 Å². The molecule has 1 heterocycles. The largest absolute Gasteiger partial charge is 0.420 e. The molecule has 2 nitrogen and oxygen atoms in total. The number of aryl methyl sites for hydroxylation is 1. The summed E-state index contributed by atoms with van der Waals surface area (Å²) in [5.41, 5.74) is -1.44. The molecule has 0 atom stereocenters. The van der Waals surface area contributed by atoms with E-state index in [1.807, 2.05) is 0 Å². The van der Waals surface area contributed by atoms with E-state index in [9.17, 15) is 17.6 Å². The lowest BCUT2D eigenvalue weighted by atomic mass is 10.1. The third kappa shape index (κ3) is 2.23. The van der Waals surface area contributed by atoms with Crippen molar-refractivity contribution in [1.29, 1.82) is 0 Å². The Morgan fingerprint density at radius 1 is 1.22 bits per heavy atom. The second-order valence-electron chi connectivity index (χ2n) is 3.72. The van der Waals surface area contributed by atoms with Crippen LogP contribution in [0.1, 0.15) is 12.5 Å². The van der Waals surface area contributed by atoms with Crippen molar-refractivity contribution in [2.24, 2.45) is 0 Å². The van der Waals surface area contributed by atoms with Crippen molar-refractivity contribution in [1.82, 2.24) is 9.78 Å². The van der Waals surface area contributed by atoms with Crippen molar-refractivity contribution < 1.29 is 17.6 Å². The van der Waals surface area contributed by atoms with Crippen molar-refractivity contribution in [3.8, 4) is 11.3 Å². The van der Waals surface area contributed by atoms with Gasteiger partial charge in [0, 0.05) is 18.3 Å². The molecule has 2 rings (SSSR count). The van der Waals surface area contributed by atoms with Gasteiger partial charge in [0.1, 0.15) is 17.1 Å². The second-order valence-corrected chi connectivity index (χ2v) is 3.72. The lowest BCUT2D eigenvalue weighted by Crippen LogP contribution is -2.05. The van der Waals surface area contributed by atoms with Crippen LogP contribution >= 0.6 is 0 Å². The molecule has 0 N–H and O–H groups in total. The van der Waals surface area contributed by atoms with E-state index >= 15 is 0 Å². The minimum atomic E-state index is -4.55. The number of halogens is 4. The number of alkyl halides is 3. The first kappa shape index (κ1) is 12.6. The molecule has 1 aromatic heterocycles. The van der Waals surface area contributed by atoms with Crippen LogP contribution in [0.3, 0.4) is 0 Å². The summed E-state index contributed by atoms with van der Waals surface area (Å²) in [6.45, 7) is 1.95. The van der Waals surface area contributed by atoms with Crippen molar-refractivity contribution in [3.63, 3.8) is 0 Å². The lowest BCUT2D eigenvalue weighted by Gasteiger charge is -2.06. The van der Waals surface area contributed by atoms with Crippen LogP contribution < -0.4 is 0 Å². The summed E-state index contributed by atoms with van der Waals surface area (Å²) in [5, 5.41) is 3.78. The van der Waals surface area contributed by atoms with Crippen LogP contribution in [0.15, 0.2) is 30.5 Å². The molecule has 0 unspecified atom stereocenters. The molecule has 6 heteroatoms. The summed E-state index contributed by atoms with van der Waals surface area (Å²) in [5.74, 6) is -0.718. The van der Waals surface area contributed by atoms with Gasteiger partial charge in [0.05, 0.1) is 0 Å². The van der Waals surface area contributed by atoms with Crippen molar-refractivity contribution in [3.05, 3.63) is 41.8 Å². The number of rotatable bonds is 2. The van der Waals surface area contributed by atoms with Crippen LogP contribution in [-0.2, 0) is 12.7 Å². The molecule has 0 saturated heterocycles. The van der Waals surface area contributed by atoms with E-state index in [1.54, 1.807) is 6.92 Å². The zero-order valence-electron chi connectivity index (χ0n) is 9.50. The van der Waals surface area contributed by atoms with Gasteiger partial charge in [-0.2, -0.15) is 18.3 Å². The summed E-state index contributed by atoms with van der Waals surface area (Å²) in [6.07, 6.45) is -3.66. The Hall–Kier alpha value is -1.85. The van der Waals surface area contributed by atoms with Gasteiger partial charge in [-0.1, -0.05) is 12.1 Å². The van der Waals surface area contributed by atoms with Crippen LogP contribution in [-0.4, -0.2) is 9.78 Å². The number of hydrogen-bond acceptors (Lipinski definition) is 1. The molecule has 0 aliphatic rings. The topological polar surface area (TPSA) is 17.8 Å². The number of nitrogens with zero attached hydrogens (tertiary/aromatic N) is 2. The van der Waals surface area contributed by atoms with E-state index in [1.165, 1.54) is 18.2 Å². The Morgan fingerprint density at radius 2 is 1.89 bits per heavy atom. The molecule has 0 radical (unpaired) electrons. The van der Waals surface area contributed by atoms with E-state index in [2.05, 4.69) is 5.10 Å². The van der Waals surface area contributed by atoms with Gasteiger partial charge in [-0.15, -0.1) is 0 Å². The summed E-state index contributed by atoms with van der Waals surface area (Å²) < 4.78 is 53.2. The second kappa shape index (κ2) is 4.44. The first-order valence-corrected chi connectivity index (χ1v) is 5.33. The quantitative estimate of drug-likeness (QED) is 0.750.